The molecular formula is C26H28ClN5O4. The predicted octanol–water partition coefficient (Wildman–Crippen LogP) is 2.68. The van der Waals surface area contributed by atoms with E-state index in [0.29, 0.717) is 35.5 Å². The van der Waals surface area contributed by atoms with Gasteiger partial charge in [0, 0.05) is 56.0 Å². The number of rotatable bonds is 5. The Balaban J connectivity index is 1.11. The maximum Gasteiger partial charge on any atom is 0.255 e. The molecule has 4 heterocycles. The lowest BCUT2D eigenvalue weighted by molar-refractivity contribution is -0.136. The fourth-order valence-electron chi connectivity index (χ4n) is 5.91. The minimum absolute atomic E-state index is 0.0761. The molecule has 10 heteroatoms. The van der Waals surface area contributed by atoms with Crippen molar-refractivity contribution in [2.45, 2.75) is 69.2 Å². The highest BCUT2D eigenvalue weighted by molar-refractivity contribution is 6.30. The first-order valence-electron chi connectivity index (χ1n) is 12.6. The molecule has 1 aromatic heterocycles. The molecule has 36 heavy (non-hydrogen) atoms. The highest BCUT2D eigenvalue weighted by Gasteiger charge is 2.41. The summed E-state index contributed by atoms with van der Waals surface area (Å²) < 4.78 is 6.51. The second kappa shape index (κ2) is 9.44. The van der Waals surface area contributed by atoms with Gasteiger partial charge in [-0.3, -0.25) is 24.6 Å². The standard InChI is InChI=1S/C26H28ClN5O4/c27-17-10-28-24(29-11-17)16-12-31(13-16)20-3-1-2-4-22(20)36-18-5-6-19-15(9-18)14-32(26(19)35)21-7-8-23(33)30-25(21)34/h5-6,9-11,16,20-22H,1-4,7-8,12-14H2,(H,30,33,34). The first-order valence-corrected chi connectivity index (χ1v) is 13.0. The third-order valence-corrected chi connectivity index (χ3v) is 8.03. The monoisotopic (exact) mass is 509 g/mol. The first-order chi connectivity index (χ1) is 17.5. The van der Waals surface area contributed by atoms with Gasteiger partial charge >= 0.3 is 0 Å². The van der Waals surface area contributed by atoms with Crippen molar-refractivity contribution in [3.63, 3.8) is 0 Å². The molecule has 3 amide bonds. The van der Waals surface area contributed by atoms with Crippen LogP contribution in [0.4, 0.5) is 0 Å². The smallest absolute Gasteiger partial charge is 0.255 e. The van der Waals surface area contributed by atoms with E-state index in [0.717, 1.165) is 49.5 Å². The summed E-state index contributed by atoms with van der Waals surface area (Å²) in [6.07, 6.45) is 8.37. The van der Waals surface area contributed by atoms with Crippen LogP contribution in [0.5, 0.6) is 5.75 Å². The van der Waals surface area contributed by atoms with E-state index in [1.54, 1.807) is 23.4 Å². The summed E-state index contributed by atoms with van der Waals surface area (Å²) in [6, 6.07) is 5.31. The molecule has 2 saturated heterocycles. The number of benzene rings is 1. The molecule has 1 aromatic carbocycles. The lowest BCUT2D eigenvalue weighted by Crippen LogP contribution is -2.57. The van der Waals surface area contributed by atoms with Gasteiger partial charge in [-0.05, 0) is 49.4 Å². The van der Waals surface area contributed by atoms with Crippen molar-refractivity contribution in [3.8, 4) is 5.75 Å². The van der Waals surface area contributed by atoms with Crippen molar-refractivity contribution in [2.24, 2.45) is 0 Å². The highest BCUT2D eigenvalue weighted by atomic mass is 35.5. The van der Waals surface area contributed by atoms with Gasteiger partial charge in [-0.2, -0.15) is 0 Å². The molecule has 4 aliphatic rings. The van der Waals surface area contributed by atoms with Crippen LogP contribution in [-0.4, -0.2) is 68.8 Å². The number of piperidine rings is 1. The van der Waals surface area contributed by atoms with Gasteiger partial charge in [0.2, 0.25) is 11.8 Å². The largest absolute Gasteiger partial charge is 0.489 e. The molecule has 3 fully saturated rings. The number of hydrogen-bond donors (Lipinski definition) is 1. The molecule has 3 unspecified atom stereocenters. The Hall–Kier alpha value is -3.04. The minimum Gasteiger partial charge on any atom is -0.489 e. The van der Waals surface area contributed by atoms with E-state index in [1.165, 1.54) is 6.42 Å². The van der Waals surface area contributed by atoms with Gasteiger partial charge in [-0.25, -0.2) is 9.97 Å². The van der Waals surface area contributed by atoms with E-state index in [4.69, 9.17) is 16.3 Å². The van der Waals surface area contributed by atoms with E-state index < -0.39 is 11.9 Å². The zero-order valence-electron chi connectivity index (χ0n) is 19.9. The van der Waals surface area contributed by atoms with Crippen LogP contribution in [0.25, 0.3) is 0 Å². The van der Waals surface area contributed by atoms with Crippen LogP contribution in [0.15, 0.2) is 30.6 Å². The number of carbonyl (C=O) groups excluding carboxylic acids is 3. The highest BCUT2D eigenvalue weighted by Crippen LogP contribution is 2.36. The first kappa shape index (κ1) is 23.4. The van der Waals surface area contributed by atoms with E-state index in [9.17, 15) is 14.4 Å². The van der Waals surface area contributed by atoms with Gasteiger partial charge < -0.3 is 9.64 Å². The quantitative estimate of drug-likeness (QED) is 0.618. The number of ether oxygens (including phenoxy) is 1. The van der Waals surface area contributed by atoms with Crippen molar-refractivity contribution < 1.29 is 19.1 Å². The summed E-state index contributed by atoms with van der Waals surface area (Å²) in [5.74, 6) is 1.05. The lowest BCUT2D eigenvalue weighted by atomic mass is 9.86. The minimum atomic E-state index is -0.612. The number of fused-ring (bicyclic) bond motifs is 1. The lowest BCUT2D eigenvalue weighted by Gasteiger charge is -2.47. The molecule has 1 saturated carbocycles. The maximum atomic E-state index is 13.0. The Bertz CT molecular complexity index is 1200. The van der Waals surface area contributed by atoms with Crippen LogP contribution < -0.4 is 10.1 Å². The van der Waals surface area contributed by atoms with Crippen LogP contribution in [0.1, 0.15) is 66.2 Å². The van der Waals surface area contributed by atoms with Gasteiger partial charge in [0.25, 0.3) is 5.91 Å². The topological polar surface area (TPSA) is 105 Å². The number of nitrogens with one attached hydrogen (secondary N) is 1. The van der Waals surface area contributed by atoms with Gasteiger partial charge in [0.05, 0.1) is 5.02 Å². The summed E-state index contributed by atoms with van der Waals surface area (Å²) in [5.41, 5.74) is 1.46. The summed E-state index contributed by atoms with van der Waals surface area (Å²) in [5, 5.41) is 2.89. The molecule has 1 N–H and O–H groups in total. The van der Waals surface area contributed by atoms with Crippen LogP contribution in [0, 0.1) is 0 Å². The molecule has 3 aliphatic heterocycles. The Morgan fingerprint density at radius 2 is 1.81 bits per heavy atom. The molecule has 0 bridgehead atoms. The number of nitrogens with zero attached hydrogens (tertiary/aromatic N) is 4. The number of aromatic nitrogens is 2. The molecule has 0 spiro atoms. The van der Waals surface area contributed by atoms with Crippen molar-refractivity contribution in [3.05, 3.63) is 52.6 Å². The molecule has 1 aliphatic carbocycles. The normalized spacial score (nSPS) is 27.0. The maximum absolute atomic E-state index is 13.0. The average Bonchev–Trinajstić information content (AvgIpc) is 3.16. The number of hydrogen-bond acceptors (Lipinski definition) is 7. The molecule has 9 nitrogen and oxygen atoms in total. The summed E-state index contributed by atoms with van der Waals surface area (Å²) in [6.45, 7) is 2.16. The van der Waals surface area contributed by atoms with Crippen molar-refractivity contribution in [2.75, 3.05) is 13.1 Å². The van der Waals surface area contributed by atoms with Crippen LogP contribution in [0.3, 0.4) is 0 Å². The van der Waals surface area contributed by atoms with Crippen LogP contribution in [0.2, 0.25) is 5.02 Å². The van der Waals surface area contributed by atoms with Crippen molar-refractivity contribution in [1.29, 1.82) is 0 Å². The second-order valence-electron chi connectivity index (χ2n) is 10.1. The third-order valence-electron chi connectivity index (χ3n) is 7.83. The fourth-order valence-corrected chi connectivity index (χ4v) is 6.01. The summed E-state index contributed by atoms with van der Waals surface area (Å²) in [4.78, 5) is 49.6. The number of likely N-dealkylation sites (tertiary alicyclic amines) is 1. The third kappa shape index (κ3) is 4.35. The number of carbonyl (C=O) groups is 3. The Labute approximate surface area is 214 Å². The number of imide groups is 1. The van der Waals surface area contributed by atoms with Gasteiger partial charge in [-0.15, -0.1) is 0 Å². The van der Waals surface area contributed by atoms with Crippen molar-refractivity contribution in [1.82, 2.24) is 25.1 Å². The van der Waals surface area contributed by atoms with Gasteiger partial charge in [0.15, 0.2) is 0 Å². The van der Waals surface area contributed by atoms with Crippen LogP contribution >= 0.6 is 11.6 Å². The number of amides is 3. The predicted molar refractivity (Wildman–Crippen MR) is 131 cm³/mol. The molecule has 2 aromatic rings. The SMILES string of the molecule is O=C1CCC(N2Cc3cc(OC4CCCCC4N4CC(c5ncc(Cl)cn5)C4)ccc3C2=O)C(=O)N1. The fraction of sp³-hybridized carbons (Fsp3) is 0.500. The molecule has 0 radical (unpaired) electrons. The zero-order valence-corrected chi connectivity index (χ0v) is 20.6. The summed E-state index contributed by atoms with van der Waals surface area (Å²) >= 11 is 5.92. The zero-order chi connectivity index (χ0) is 24.8. The van der Waals surface area contributed by atoms with Crippen LogP contribution in [-0.2, 0) is 16.1 Å². The van der Waals surface area contributed by atoms with E-state index in [1.807, 2.05) is 12.1 Å². The Morgan fingerprint density at radius 3 is 2.58 bits per heavy atom. The molecular weight excluding hydrogens is 482 g/mol. The number of halogens is 1. The van der Waals surface area contributed by atoms with E-state index in [2.05, 4.69) is 20.2 Å². The summed E-state index contributed by atoms with van der Waals surface area (Å²) in [7, 11) is 0. The van der Waals surface area contributed by atoms with Crippen molar-refractivity contribution >= 4 is 29.3 Å². The molecule has 3 atom stereocenters. The average molecular weight is 510 g/mol. The van der Waals surface area contributed by atoms with Gasteiger partial charge in [-0.1, -0.05) is 18.0 Å². The van der Waals surface area contributed by atoms with Gasteiger partial charge in [0.1, 0.15) is 23.7 Å². The molecule has 188 valence electrons. The molecule has 6 rings (SSSR count). The Kier molecular flexibility index (Phi) is 6.13. The van der Waals surface area contributed by atoms with E-state index in [-0.39, 0.29) is 24.3 Å². The van der Waals surface area contributed by atoms with E-state index >= 15 is 0 Å². The second-order valence-corrected chi connectivity index (χ2v) is 10.6. The Morgan fingerprint density at radius 1 is 1.03 bits per heavy atom.